The molecule has 0 aliphatic heterocycles. The summed E-state index contributed by atoms with van der Waals surface area (Å²) in [5.41, 5.74) is 2.27. The summed E-state index contributed by atoms with van der Waals surface area (Å²) in [7, 11) is 1.66. The molecule has 0 heterocycles. The minimum absolute atomic E-state index is 0.153. The van der Waals surface area contributed by atoms with Crippen LogP contribution in [0.1, 0.15) is 69.4 Å². The fourth-order valence-electron chi connectivity index (χ4n) is 3.24. The molecule has 3 nitrogen and oxygen atoms in total. The quantitative estimate of drug-likeness (QED) is 0.857. The average Bonchev–Trinajstić information content (AvgIpc) is 2.33. The maximum Gasteiger partial charge on any atom is 0.335 e. The third-order valence-corrected chi connectivity index (χ3v) is 3.70. The van der Waals surface area contributed by atoms with Crippen molar-refractivity contribution in [2.45, 2.75) is 59.8 Å². The number of methoxy groups -OCH3 is 1. The summed E-state index contributed by atoms with van der Waals surface area (Å²) < 4.78 is 5.61. The number of carboxylic acid groups (broad SMARTS) is 1. The number of carbonyl (C=O) groups is 1. The Balaban J connectivity index is 3.51. The van der Waals surface area contributed by atoms with Crippen molar-refractivity contribution in [3.63, 3.8) is 0 Å². The van der Waals surface area contributed by atoms with Gasteiger partial charge in [-0.2, -0.15) is 0 Å². The van der Waals surface area contributed by atoms with Crippen molar-refractivity contribution in [2.24, 2.45) is 5.41 Å². The summed E-state index contributed by atoms with van der Waals surface area (Å²) in [6.07, 6.45) is 1.70. The maximum absolute atomic E-state index is 11.4. The number of aryl methyl sites for hydroxylation is 1. The molecule has 0 aliphatic carbocycles. The van der Waals surface area contributed by atoms with Crippen LogP contribution in [0.25, 0.3) is 0 Å². The second-order valence-corrected chi connectivity index (χ2v) is 7.50. The van der Waals surface area contributed by atoms with Gasteiger partial charge >= 0.3 is 5.97 Å². The van der Waals surface area contributed by atoms with E-state index in [9.17, 15) is 9.90 Å². The molecule has 0 atom stereocenters. The largest absolute Gasteiger partial charge is 0.496 e. The average molecular weight is 292 g/mol. The molecule has 1 aromatic rings. The lowest BCUT2D eigenvalue weighted by atomic mass is 9.71. The first kappa shape index (κ1) is 17.5. The monoisotopic (exact) mass is 292 g/mol. The molecule has 118 valence electrons. The van der Waals surface area contributed by atoms with Crippen molar-refractivity contribution in [3.8, 4) is 5.75 Å². The second-order valence-electron chi connectivity index (χ2n) is 7.50. The molecule has 21 heavy (non-hydrogen) atoms. The molecule has 0 radical (unpaired) electrons. The number of ether oxygens (including phenoxy) is 1. The number of rotatable bonds is 5. The summed E-state index contributed by atoms with van der Waals surface area (Å²) >= 11 is 0. The van der Waals surface area contributed by atoms with Gasteiger partial charge in [0.25, 0.3) is 0 Å². The Hall–Kier alpha value is -1.51. The molecule has 0 saturated carbocycles. The molecular formula is C18H28O3. The van der Waals surface area contributed by atoms with Gasteiger partial charge in [0.15, 0.2) is 0 Å². The highest BCUT2D eigenvalue weighted by atomic mass is 16.5. The summed E-state index contributed by atoms with van der Waals surface area (Å²) in [6.45, 7) is 12.9. The molecule has 1 rings (SSSR count). The Labute approximate surface area is 128 Å². The highest BCUT2D eigenvalue weighted by molar-refractivity contribution is 5.88. The lowest BCUT2D eigenvalue weighted by molar-refractivity contribution is 0.0696. The van der Waals surface area contributed by atoms with Crippen molar-refractivity contribution in [1.29, 1.82) is 0 Å². The molecule has 3 heteroatoms. The maximum atomic E-state index is 11.4. The van der Waals surface area contributed by atoms with Crippen LogP contribution in [0.2, 0.25) is 0 Å². The summed E-state index contributed by atoms with van der Waals surface area (Å²) in [5.74, 6) is -0.0584. The normalized spacial score (nSPS) is 12.3. The van der Waals surface area contributed by atoms with Crippen molar-refractivity contribution < 1.29 is 14.6 Å². The van der Waals surface area contributed by atoms with Gasteiger partial charge in [0.2, 0.25) is 0 Å². The van der Waals surface area contributed by atoms with Crippen molar-refractivity contribution >= 4 is 5.97 Å². The molecule has 0 amide bonds. The third kappa shape index (κ3) is 4.23. The van der Waals surface area contributed by atoms with Gasteiger partial charge in [-0.3, -0.25) is 0 Å². The molecule has 0 aliphatic rings. The van der Waals surface area contributed by atoms with E-state index < -0.39 is 5.97 Å². The van der Waals surface area contributed by atoms with Crippen LogP contribution in [-0.4, -0.2) is 18.2 Å². The van der Waals surface area contributed by atoms with Crippen LogP contribution in [0.15, 0.2) is 12.1 Å². The van der Waals surface area contributed by atoms with Crippen LogP contribution in [0.3, 0.4) is 0 Å². The first-order valence-corrected chi connectivity index (χ1v) is 7.46. The van der Waals surface area contributed by atoms with E-state index in [0.717, 1.165) is 29.7 Å². The van der Waals surface area contributed by atoms with Crippen molar-refractivity contribution in [2.75, 3.05) is 7.11 Å². The Morgan fingerprint density at radius 1 is 1.19 bits per heavy atom. The molecule has 0 spiro atoms. The summed E-state index contributed by atoms with van der Waals surface area (Å²) in [5, 5.41) is 9.35. The van der Waals surface area contributed by atoms with Crippen molar-refractivity contribution in [3.05, 3.63) is 28.8 Å². The summed E-state index contributed by atoms with van der Waals surface area (Å²) in [4.78, 5) is 11.4. The Morgan fingerprint density at radius 2 is 1.76 bits per heavy atom. The molecule has 0 aromatic heterocycles. The molecule has 0 bridgehead atoms. The molecule has 1 aromatic carbocycles. The van der Waals surface area contributed by atoms with E-state index >= 15 is 0 Å². The Kier molecular flexibility index (Phi) is 5.08. The standard InChI is InChI=1S/C18H28O3/c1-8-12-9-13(16(19)20)10-14(15(12)21-7)18(5,6)11-17(2,3)4/h9-10H,8,11H2,1-7H3,(H,19,20). The van der Waals surface area contributed by atoms with E-state index in [-0.39, 0.29) is 10.8 Å². The number of hydrogen-bond acceptors (Lipinski definition) is 2. The Bertz CT molecular complexity index is 522. The van der Waals surface area contributed by atoms with E-state index in [1.54, 1.807) is 19.2 Å². The van der Waals surface area contributed by atoms with Crippen LogP contribution in [0.4, 0.5) is 0 Å². The molecule has 1 N–H and O–H groups in total. The number of carboxylic acids is 1. The van der Waals surface area contributed by atoms with Crippen LogP contribution in [0, 0.1) is 5.41 Å². The van der Waals surface area contributed by atoms with Crippen LogP contribution < -0.4 is 4.74 Å². The molecule has 0 unspecified atom stereocenters. The van der Waals surface area contributed by atoms with E-state index in [4.69, 9.17) is 4.74 Å². The van der Waals surface area contributed by atoms with Crippen LogP contribution in [-0.2, 0) is 11.8 Å². The van der Waals surface area contributed by atoms with Gasteiger partial charge in [-0.25, -0.2) is 4.79 Å². The van der Waals surface area contributed by atoms with Crippen LogP contribution in [0.5, 0.6) is 5.75 Å². The topological polar surface area (TPSA) is 46.5 Å². The smallest absolute Gasteiger partial charge is 0.335 e. The zero-order chi connectivity index (χ0) is 16.4. The van der Waals surface area contributed by atoms with Gasteiger partial charge in [0.1, 0.15) is 5.75 Å². The van der Waals surface area contributed by atoms with Crippen molar-refractivity contribution in [1.82, 2.24) is 0 Å². The van der Waals surface area contributed by atoms with Gasteiger partial charge in [-0.1, -0.05) is 41.5 Å². The first-order valence-electron chi connectivity index (χ1n) is 7.46. The second kappa shape index (κ2) is 6.08. The minimum atomic E-state index is -0.889. The fraction of sp³-hybridized carbons (Fsp3) is 0.611. The minimum Gasteiger partial charge on any atom is -0.496 e. The van der Waals surface area contributed by atoms with Gasteiger partial charge in [0, 0.05) is 5.56 Å². The predicted molar refractivity (Wildman–Crippen MR) is 86.4 cm³/mol. The van der Waals surface area contributed by atoms with E-state index in [0.29, 0.717) is 5.56 Å². The SMILES string of the molecule is CCc1cc(C(=O)O)cc(C(C)(C)CC(C)(C)C)c1OC. The number of hydrogen-bond donors (Lipinski definition) is 1. The van der Waals surface area contributed by atoms with Gasteiger partial charge in [0.05, 0.1) is 12.7 Å². The molecular weight excluding hydrogens is 264 g/mol. The van der Waals surface area contributed by atoms with E-state index in [2.05, 4.69) is 34.6 Å². The molecule has 0 fully saturated rings. The highest BCUT2D eigenvalue weighted by Crippen LogP contribution is 2.42. The third-order valence-electron chi connectivity index (χ3n) is 3.70. The lowest BCUT2D eigenvalue weighted by Gasteiger charge is -2.34. The van der Waals surface area contributed by atoms with Crippen LogP contribution >= 0.6 is 0 Å². The van der Waals surface area contributed by atoms with E-state index in [1.807, 2.05) is 6.92 Å². The first-order chi connectivity index (χ1) is 9.51. The summed E-state index contributed by atoms with van der Waals surface area (Å²) in [6, 6.07) is 3.49. The van der Waals surface area contributed by atoms with E-state index in [1.165, 1.54) is 0 Å². The fourth-order valence-corrected chi connectivity index (χ4v) is 3.24. The highest BCUT2D eigenvalue weighted by Gasteiger charge is 2.31. The van der Waals surface area contributed by atoms with Gasteiger partial charge in [-0.15, -0.1) is 0 Å². The number of aromatic carboxylic acids is 1. The zero-order valence-corrected chi connectivity index (χ0v) is 14.3. The van der Waals surface area contributed by atoms with Gasteiger partial charge in [-0.05, 0) is 41.4 Å². The molecule has 0 saturated heterocycles. The predicted octanol–water partition coefficient (Wildman–Crippen LogP) is 4.67. The zero-order valence-electron chi connectivity index (χ0n) is 14.3. The number of benzene rings is 1. The Morgan fingerprint density at radius 3 is 2.14 bits per heavy atom. The lowest BCUT2D eigenvalue weighted by Crippen LogP contribution is -2.26. The van der Waals surface area contributed by atoms with Gasteiger partial charge < -0.3 is 9.84 Å².